The Morgan fingerprint density at radius 1 is 1.38 bits per heavy atom. The lowest BCUT2D eigenvalue weighted by Gasteiger charge is -2.34. The minimum atomic E-state index is -0.438. The summed E-state index contributed by atoms with van der Waals surface area (Å²) in [7, 11) is 0. The van der Waals surface area contributed by atoms with Crippen LogP contribution in [-0.4, -0.2) is 40.8 Å². The number of nitrogens with zero attached hydrogens (tertiary/aromatic N) is 1. The Labute approximate surface area is 126 Å². The molecule has 1 aliphatic rings. The van der Waals surface area contributed by atoms with Crippen molar-refractivity contribution in [2.75, 3.05) is 13.1 Å². The highest BCUT2D eigenvalue weighted by molar-refractivity contribution is 5.68. The van der Waals surface area contributed by atoms with Gasteiger partial charge in [0.05, 0.1) is 12.2 Å². The largest absolute Gasteiger partial charge is 0.444 e. The summed E-state index contributed by atoms with van der Waals surface area (Å²) in [5.74, 6) is 0. The number of aromatic nitrogens is 1. The van der Waals surface area contributed by atoms with E-state index in [0.29, 0.717) is 13.1 Å². The average Bonchev–Trinajstić information content (AvgIpc) is 2.91. The van der Waals surface area contributed by atoms with Crippen molar-refractivity contribution < 1.29 is 14.3 Å². The third-order valence-corrected chi connectivity index (χ3v) is 3.55. The van der Waals surface area contributed by atoms with Crippen LogP contribution < -0.4 is 0 Å². The van der Waals surface area contributed by atoms with Crippen molar-refractivity contribution in [2.45, 2.75) is 58.3 Å². The number of carbonyl (C=O) groups excluding carboxylic acids is 1. The second-order valence-corrected chi connectivity index (χ2v) is 6.57. The normalized spacial score (nSPS) is 18.6. The van der Waals surface area contributed by atoms with Crippen LogP contribution in [-0.2, 0) is 9.47 Å². The quantitative estimate of drug-likeness (QED) is 0.928. The van der Waals surface area contributed by atoms with Gasteiger partial charge in [0, 0.05) is 25.0 Å². The van der Waals surface area contributed by atoms with Crippen LogP contribution in [0.15, 0.2) is 18.3 Å². The number of nitrogens with one attached hydrogen (secondary N) is 1. The molecule has 5 nitrogen and oxygen atoms in total. The van der Waals surface area contributed by atoms with Gasteiger partial charge in [-0.05, 0) is 52.7 Å². The van der Waals surface area contributed by atoms with Gasteiger partial charge in [0.2, 0.25) is 0 Å². The van der Waals surface area contributed by atoms with Crippen LogP contribution in [0.1, 0.15) is 52.3 Å². The summed E-state index contributed by atoms with van der Waals surface area (Å²) >= 11 is 0. The zero-order valence-electron chi connectivity index (χ0n) is 13.4. The zero-order chi connectivity index (χ0) is 15.5. The van der Waals surface area contributed by atoms with E-state index in [0.717, 1.165) is 18.5 Å². The van der Waals surface area contributed by atoms with Gasteiger partial charge in [0.1, 0.15) is 5.60 Å². The third-order valence-electron chi connectivity index (χ3n) is 3.55. The number of H-pyrrole nitrogens is 1. The molecule has 1 amide bonds. The van der Waals surface area contributed by atoms with Gasteiger partial charge in [0.25, 0.3) is 0 Å². The molecule has 0 aromatic carbocycles. The first-order chi connectivity index (χ1) is 9.85. The summed E-state index contributed by atoms with van der Waals surface area (Å²) in [6.45, 7) is 9.09. The summed E-state index contributed by atoms with van der Waals surface area (Å²) in [6.07, 6.45) is 3.63. The number of aromatic amines is 1. The van der Waals surface area contributed by atoms with Crippen LogP contribution >= 0.6 is 0 Å². The van der Waals surface area contributed by atoms with E-state index in [2.05, 4.69) is 4.98 Å². The second kappa shape index (κ2) is 6.52. The maximum atomic E-state index is 12.0. The van der Waals surface area contributed by atoms with Crippen LogP contribution in [0.2, 0.25) is 0 Å². The first kappa shape index (κ1) is 15.9. The van der Waals surface area contributed by atoms with E-state index in [4.69, 9.17) is 9.47 Å². The van der Waals surface area contributed by atoms with Gasteiger partial charge in [-0.1, -0.05) is 0 Å². The van der Waals surface area contributed by atoms with Gasteiger partial charge in [-0.2, -0.15) is 0 Å². The molecule has 1 fully saturated rings. The number of carbonyl (C=O) groups is 1. The number of amides is 1. The molecule has 1 aliphatic heterocycles. The molecule has 0 unspecified atom stereocenters. The smallest absolute Gasteiger partial charge is 0.410 e. The molecule has 0 saturated carbocycles. The number of hydrogen-bond donors (Lipinski definition) is 1. The Bertz CT molecular complexity index is 443. The molecule has 0 bridgehead atoms. The van der Waals surface area contributed by atoms with Crippen molar-refractivity contribution in [3.63, 3.8) is 0 Å². The van der Waals surface area contributed by atoms with Crippen molar-refractivity contribution in [3.8, 4) is 0 Å². The fraction of sp³-hybridized carbons (Fsp3) is 0.688. The zero-order valence-corrected chi connectivity index (χ0v) is 13.4. The van der Waals surface area contributed by atoms with Gasteiger partial charge in [0.15, 0.2) is 0 Å². The fourth-order valence-electron chi connectivity index (χ4n) is 2.46. The highest BCUT2D eigenvalue weighted by atomic mass is 16.6. The van der Waals surface area contributed by atoms with E-state index in [1.54, 1.807) is 4.90 Å². The topological polar surface area (TPSA) is 54.6 Å². The minimum Gasteiger partial charge on any atom is -0.444 e. The molecular weight excluding hydrogens is 268 g/mol. The van der Waals surface area contributed by atoms with E-state index in [1.165, 1.54) is 0 Å². The first-order valence-corrected chi connectivity index (χ1v) is 7.62. The predicted molar refractivity (Wildman–Crippen MR) is 81.1 cm³/mol. The molecule has 0 aliphatic carbocycles. The Morgan fingerprint density at radius 2 is 2.05 bits per heavy atom. The Morgan fingerprint density at radius 3 is 2.57 bits per heavy atom. The molecule has 1 aromatic heterocycles. The van der Waals surface area contributed by atoms with E-state index >= 15 is 0 Å². The fourth-order valence-corrected chi connectivity index (χ4v) is 2.46. The first-order valence-electron chi connectivity index (χ1n) is 7.62. The van der Waals surface area contributed by atoms with Gasteiger partial charge < -0.3 is 19.4 Å². The maximum Gasteiger partial charge on any atom is 0.410 e. The number of rotatable bonds is 3. The summed E-state index contributed by atoms with van der Waals surface area (Å²) in [6, 6.07) is 4.00. The van der Waals surface area contributed by atoms with Crippen molar-refractivity contribution >= 4 is 6.09 Å². The SMILES string of the molecule is C[C@H](OC1CCN(C(=O)OC(C)(C)C)CC1)c1ccc[nH]1. The third kappa shape index (κ3) is 4.77. The summed E-state index contributed by atoms with van der Waals surface area (Å²) < 4.78 is 11.4. The van der Waals surface area contributed by atoms with Gasteiger partial charge in [-0.25, -0.2) is 4.79 Å². The van der Waals surface area contributed by atoms with Crippen molar-refractivity contribution in [1.82, 2.24) is 9.88 Å². The van der Waals surface area contributed by atoms with Crippen LogP contribution in [0.25, 0.3) is 0 Å². The molecule has 2 heterocycles. The highest BCUT2D eigenvalue weighted by Gasteiger charge is 2.28. The van der Waals surface area contributed by atoms with E-state index in [1.807, 2.05) is 46.0 Å². The Hall–Kier alpha value is -1.49. The summed E-state index contributed by atoms with van der Waals surface area (Å²) in [5, 5.41) is 0. The standard InChI is InChI=1S/C16H26N2O3/c1-12(14-6-5-9-17-14)20-13-7-10-18(11-8-13)15(19)21-16(2,3)4/h5-6,9,12-13,17H,7-8,10-11H2,1-4H3/t12-/m0/s1. The van der Waals surface area contributed by atoms with E-state index in [9.17, 15) is 4.79 Å². The van der Waals surface area contributed by atoms with Crippen LogP contribution in [0.3, 0.4) is 0 Å². The number of ether oxygens (including phenoxy) is 2. The van der Waals surface area contributed by atoms with Crippen molar-refractivity contribution in [1.29, 1.82) is 0 Å². The van der Waals surface area contributed by atoms with Crippen LogP contribution in [0, 0.1) is 0 Å². The van der Waals surface area contributed by atoms with E-state index < -0.39 is 5.60 Å². The van der Waals surface area contributed by atoms with Gasteiger partial charge in [-0.3, -0.25) is 0 Å². The van der Waals surface area contributed by atoms with Crippen molar-refractivity contribution in [3.05, 3.63) is 24.0 Å². The average molecular weight is 294 g/mol. The second-order valence-electron chi connectivity index (χ2n) is 6.57. The molecule has 5 heteroatoms. The molecule has 1 aromatic rings. The predicted octanol–water partition coefficient (Wildman–Crippen LogP) is 3.49. The molecule has 1 N–H and O–H groups in total. The maximum absolute atomic E-state index is 12.0. The highest BCUT2D eigenvalue weighted by Crippen LogP contribution is 2.23. The van der Waals surface area contributed by atoms with Crippen molar-refractivity contribution in [2.24, 2.45) is 0 Å². The van der Waals surface area contributed by atoms with E-state index in [-0.39, 0.29) is 18.3 Å². The lowest BCUT2D eigenvalue weighted by molar-refractivity contribution is -0.0422. The molecule has 0 spiro atoms. The number of piperidine rings is 1. The van der Waals surface area contributed by atoms with Gasteiger partial charge in [-0.15, -0.1) is 0 Å². The number of likely N-dealkylation sites (tertiary alicyclic amines) is 1. The Balaban J connectivity index is 1.77. The molecule has 1 atom stereocenters. The molecule has 0 radical (unpaired) electrons. The summed E-state index contributed by atoms with van der Waals surface area (Å²) in [4.78, 5) is 16.9. The van der Waals surface area contributed by atoms with Crippen LogP contribution in [0.5, 0.6) is 0 Å². The van der Waals surface area contributed by atoms with Crippen LogP contribution in [0.4, 0.5) is 4.79 Å². The molecule has 21 heavy (non-hydrogen) atoms. The molecule has 2 rings (SSSR count). The molecule has 1 saturated heterocycles. The minimum absolute atomic E-state index is 0.0538. The number of hydrogen-bond acceptors (Lipinski definition) is 3. The molecule has 118 valence electrons. The Kier molecular flexibility index (Phi) is 4.93. The monoisotopic (exact) mass is 294 g/mol. The summed E-state index contributed by atoms with van der Waals surface area (Å²) in [5.41, 5.74) is 0.650. The molecular formula is C16H26N2O3. The lowest BCUT2D eigenvalue weighted by Crippen LogP contribution is -2.43. The van der Waals surface area contributed by atoms with Gasteiger partial charge >= 0.3 is 6.09 Å². The lowest BCUT2D eigenvalue weighted by atomic mass is 10.1.